The summed E-state index contributed by atoms with van der Waals surface area (Å²) in [7, 11) is 1.64. The average molecular weight is 277 g/mol. The highest BCUT2D eigenvalue weighted by Gasteiger charge is 2.55. The highest BCUT2D eigenvalue weighted by molar-refractivity contribution is 7.18. The van der Waals surface area contributed by atoms with E-state index in [1.165, 1.54) is 0 Å². The zero-order chi connectivity index (χ0) is 13.5. The van der Waals surface area contributed by atoms with Crippen molar-refractivity contribution < 1.29 is 14.3 Å². The summed E-state index contributed by atoms with van der Waals surface area (Å²) >= 11 is 1.56. The van der Waals surface area contributed by atoms with Crippen molar-refractivity contribution in [3.05, 3.63) is 23.2 Å². The minimum absolute atomic E-state index is 0.138. The van der Waals surface area contributed by atoms with Crippen LogP contribution in [0.1, 0.15) is 24.8 Å². The van der Waals surface area contributed by atoms with Gasteiger partial charge in [-0.3, -0.25) is 4.79 Å². The van der Waals surface area contributed by atoms with E-state index in [1.54, 1.807) is 18.4 Å². The second-order valence-corrected chi connectivity index (χ2v) is 5.69. The number of hydrogen-bond donors (Lipinski definition) is 0. The topological polar surface area (TPSA) is 48.4 Å². The number of fused-ring (bicyclic) bond motifs is 1. The first kappa shape index (κ1) is 12.4. The van der Waals surface area contributed by atoms with Gasteiger partial charge in [0.25, 0.3) is 0 Å². The first-order valence-corrected chi connectivity index (χ1v) is 7.13. The van der Waals surface area contributed by atoms with Gasteiger partial charge in [-0.1, -0.05) is 0 Å². The molecule has 0 spiro atoms. The average Bonchev–Trinajstić information content (AvgIpc) is 3.12. The summed E-state index contributed by atoms with van der Waals surface area (Å²) in [5.41, 5.74) is 0.434. The van der Waals surface area contributed by atoms with E-state index in [-0.39, 0.29) is 5.97 Å². The number of carbonyl (C=O) groups excluding carboxylic acids is 1. The van der Waals surface area contributed by atoms with Gasteiger partial charge in [-0.25, -0.2) is 4.98 Å². The molecular formula is C14H15NO3S. The minimum atomic E-state index is -0.479. The molecule has 2 aromatic rings. The Bertz CT molecular complexity index is 631. The summed E-state index contributed by atoms with van der Waals surface area (Å²) in [4.78, 5) is 16.6. The molecule has 0 saturated heterocycles. The number of thiazole rings is 1. The summed E-state index contributed by atoms with van der Waals surface area (Å²) in [6.45, 7) is 2.25. The quantitative estimate of drug-likeness (QED) is 0.806. The van der Waals surface area contributed by atoms with E-state index in [1.807, 2.05) is 25.1 Å². The van der Waals surface area contributed by atoms with Crippen molar-refractivity contribution in [3.8, 4) is 5.75 Å². The van der Waals surface area contributed by atoms with Crippen LogP contribution >= 0.6 is 11.3 Å². The van der Waals surface area contributed by atoms with Gasteiger partial charge in [0.2, 0.25) is 0 Å². The van der Waals surface area contributed by atoms with Crippen molar-refractivity contribution in [2.75, 3.05) is 13.7 Å². The molecule has 0 radical (unpaired) electrons. The van der Waals surface area contributed by atoms with Crippen LogP contribution in [0.5, 0.6) is 5.75 Å². The van der Waals surface area contributed by atoms with Gasteiger partial charge in [0.05, 0.1) is 23.9 Å². The molecule has 100 valence electrons. The highest BCUT2D eigenvalue weighted by atomic mass is 32.1. The van der Waals surface area contributed by atoms with Crippen LogP contribution in [0.25, 0.3) is 10.2 Å². The van der Waals surface area contributed by atoms with E-state index in [0.717, 1.165) is 33.8 Å². The molecule has 0 amide bonds. The zero-order valence-corrected chi connectivity index (χ0v) is 11.8. The third-order valence-electron chi connectivity index (χ3n) is 3.42. The fraction of sp³-hybridized carbons (Fsp3) is 0.429. The molecule has 1 saturated carbocycles. The maximum absolute atomic E-state index is 12.0. The van der Waals surface area contributed by atoms with Gasteiger partial charge in [0, 0.05) is 0 Å². The fourth-order valence-corrected chi connectivity index (χ4v) is 3.36. The second-order valence-electron chi connectivity index (χ2n) is 4.66. The van der Waals surface area contributed by atoms with Crippen molar-refractivity contribution in [3.63, 3.8) is 0 Å². The van der Waals surface area contributed by atoms with E-state index in [9.17, 15) is 4.79 Å². The summed E-state index contributed by atoms with van der Waals surface area (Å²) in [6.07, 6.45) is 1.67. The Labute approximate surface area is 115 Å². The third kappa shape index (κ3) is 1.98. The molecule has 0 N–H and O–H groups in total. The summed E-state index contributed by atoms with van der Waals surface area (Å²) in [5, 5.41) is 0.870. The number of nitrogens with zero attached hydrogens (tertiary/aromatic N) is 1. The lowest BCUT2D eigenvalue weighted by atomic mass is 10.1. The Hall–Kier alpha value is -1.62. The lowest BCUT2D eigenvalue weighted by molar-refractivity contribution is -0.146. The van der Waals surface area contributed by atoms with E-state index in [2.05, 4.69) is 4.98 Å². The van der Waals surface area contributed by atoms with Gasteiger partial charge in [0.15, 0.2) is 0 Å². The monoisotopic (exact) mass is 277 g/mol. The Morgan fingerprint density at radius 3 is 2.89 bits per heavy atom. The van der Waals surface area contributed by atoms with Crippen LogP contribution in [0.15, 0.2) is 18.2 Å². The predicted octanol–water partition coefficient (Wildman–Crippen LogP) is 2.90. The van der Waals surface area contributed by atoms with Gasteiger partial charge in [-0.15, -0.1) is 11.3 Å². The van der Waals surface area contributed by atoms with E-state index >= 15 is 0 Å². The normalized spacial score (nSPS) is 16.3. The fourth-order valence-electron chi connectivity index (χ4n) is 2.14. The van der Waals surface area contributed by atoms with E-state index in [4.69, 9.17) is 9.47 Å². The van der Waals surface area contributed by atoms with Crippen LogP contribution in [0.4, 0.5) is 0 Å². The standard InChI is InChI=1S/C14H15NO3S/c1-3-18-13(16)14(6-7-14)12-15-10-5-4-9(17-2)8-11(10)19-12/h4-5,8H,3,6-7H2,1-2H3. The maximum Gasteiger partial charge on any atom is 0.319 e. The molecule has 0 aliphatic heterocycles. The number of esters is 1. The Morgan fingerprint density at radius 1 is 1.47 bits per heavy atom. The maximum atomic E-state index is 12.0. The first-order valence-electron chi connectivity index (χ1n) is 6.32. The molecule has 0 bridgehead atoms. The summed E-state index contributed by atoms with van der Waals surface area (Å²) in [6, 6.07) is 5.77. The smallest absolute Gasteiger partial charge is 0.319 e. The van der Waals surface area contributed by atoms with Crippen molar-refractivity contribution in [2.45, 2.75) is 25.2 Å². The second kappa shape index (κ2) is 4.49. The largest absolute Gasteiger partial charge is 0.497 e. The van der Waals surface area contributed by atoms with E-state index < -0.39 is 5.41 Å². The first-order chi connectivity index (χ1) is 9.19. The Balaban J connectivity index is 1.99. The molecule has 3 rings (SSSR count). The number of benzene rings is 1. The Kier molecular flexibility index (Phi) is 2.93. The molecule has 0 unspecified atom stereocenters. The number of methoxy groups -OCH3 is 1. The minimum Gasteiger partial charge on any atom is -0.497 e. The highest BCUT2D eigenvalue weighted by Crippen LogP contribution is 2.51. The summed E-state index contributed by atoms with van der Waals surface area (Å²) in [5.74, 6) is 0.671. The molecular weight excluding hydrogens is 262 g/mol. The van der Waals surface area contributed by atoms with Crippen LogP contribution in [0.3, 0.4) is 0 Å². The van der Waals surface area contributed by atoms with Crippen LogP contribution in [-0.4, -0.2) is 24.7 Å². The van der Waals surface area contributed by atoms with Gasteiger partial charge in [-0.2, -0.15) is 0 Å². The van der Waals surface area contributed by atoms with Crippen molar-refractivity contribution >= 4 is 27.5 Å². The van der Waals surface area contributed by atoms with E-state index in [0.29, 0.717) is 6.61 Å². The van der Waals surface area contributed by atoms with Crippen LogP contribution in [0.2, 0.25) is 0 Å². The molecule has 0 atom stereocenters. The summed E-state index contributed by atoms with van der Waals surface area (Å²) < 4.78 is 11.4. The molecule has 1 heterocycles. The van der Waals surface area contributed by atoms with Crippen LogP contribution < -0.4 is 4.74 Å². The number of aromatic nitrogens is 1. The molecule has 4 nitrogen and oxygen atoms in total. The number of carbonyl (C=O) groups is 1. The third-order valence-corrected chi connectivity index (χ3v) is 4.64. The predicted molar refractivity (Wildman–Crippen MR) is 73.7 cm³/mol. The Morgan fingerprint density at radius 2 is 2.26 bits per heavy atom. The molecule has 1 fully saturated rings. The van der Waals surface area contributed by atoms with Crippen molar-refractivity contribution in [2.24, 2.45) is 0 Å². The molecule has 1 aromatic carbocycles. The van der Waals surface area contributed by atoms with Gasteiger partial charge in [0.1, 0.15) is 16.2 Å². The van der Waals surface area contributed by atoms with Gasteiger partial charge >= 0.3 is 5.97 Å². The van der Waals surface area contributed by atoms with Crippen molar-refractivity contribution in [1.29, 1.82) is 0 Å². The number of ether oxygens (including phenoxy) is 2. The van der Waals surface area contributed by atoms with Gasteiger partial charge in [-0.05, 0) is 38.0 Å². The van der Waals surface area contributed by atoms with Gasteiger partial charge < -0.3 is 9.47 Å². The van der Waals surface area contributed by atoms with Crippen molar-refractivity contribution in [1.82, 2.24) is 4.98 Å². The zero-order valence-electron chi connectivity index (χ0n) is 10.9. The lowest BCUT2D eigenvalue weighted by Gasteiger charge is -2.09. The molecule has 1 aromatic heterocycles. The number of hydrogen-bond acceptors (Lipinski definition) is 5. The SMILES string of the molecule is CCOC(=O)C1(c2nc3ccc(OC)cc3s2)CC1. The molecule has 19 heavy (non-hydrogen) atoms. The molecule has 1 aliphatic rings. The van der Waals surface area contributed by atoms with Crippen LogP contribution in [-0.2, 0) is 14.9 Å². The lowest BCUT2D eigenvalue weighted by Crippen LogP contribution is -2.22. The molecule has 5 heteroatoms. The molecule has 1 aliphatic carbocycles. The van der Waals surface area contributed by atoms with Crippen LogP contribution in [0, 0.1) is 0 Å². The number of rotatable bonds is 4.